The lowest BCUT2D eigenvalue weighted by molar-refractivity contribution is -0.114. The summed E-state index contributed by atoms with van der Waals surface area (Å²) < 4.78 is 0. The van der Waals surface area contributed by atoms with Crippen LogP contribution >= 0.6 is 23.2 Å². The van der Waals surface area contributed by atoms with E-state index >= 15 is 0 Å². The van der Waals surface area contributed by atoms with E-state index in [-0.39, 0.29) is 23.9 Å². The maximum Gasteiger partial charge on any atom is 0.251 e. The van der Waals surface area contributed by atoms with Crippen molar-refractivity contribution >= 4 is 46.4 Å². The Morgan fingerprint density at radius 2 is 1.62 bits per heavy atom. The van der Waals surface area contributed by atoms with Gasteiger partial charge in [-0.1, -0.05) is 29.3 Å². The lowest BCUT2D eigenvalue weighted by Crippen LogP contribution is -2.40. The third-order valence-electron chi connectivity index (χ3n) is 3.21. The van der Waals surface area contributed by atoms with Crippen LogP contribution in [0.15, 0.2) is 42.5 Å². The summed E-state index contributed by atoms with van der Waals surface area (Å²) in [6.45, 7) is 5.78. The number of carbonyl (C=O) groups excluding carboxylic acids is 2. The van der Waals surface area contributed by atoms with Crippen LogP contribution in [0.1, 0.15) is 31.1 Å². The average Bonchev–Trinajstić information content (AvgIpc) is 2.50. The fourth-order valence-corrected chi connectivity index (χ4v) is 2.72. The lowest BCUT2D eigenvalue weighted by atomic mass is 10.1. The van der Waals surface area contributed by atoms with Gasteiger partial charge in [-0.25, -0.2) is 0 Å². The maximum absolute atomic E-state index is 12.2. The van der Waals surface area contributed by atoms with Crippen molar-refractivity contribution in [1.29, 1.82) is 0 Å². The Hall–Kier alpha value is -2.24. The second-order valence-corrected chi connectivity index (χ2v) is 7.72. The first-order chi connectivity index (χ1) is 12.1. The molecular weight excluding hydrogens is 373 g/mol. The van der Waals surface area contributed by atoms with Crippen molar-refractivity contribution in [3.63, 3.8) is 0 Å². The predicted molar refractivity (Wildman–Crippen MR) is 107 cm³/mol. The number of hydrogen-bond donors (Lipinski definition) is 3. The fraction of sp³-hybridized carbons (Fsp3) is 0.263. The van der Waals surface area contributed by atoms with Gasteiger partial charge in [0, 0.05) is 32.5 Å². The van der Waals surface area contributed by atoms with Crippen LogP contribution in [0.2, 0.25) is 10.0 Å². The topological polar surface area (TPSA) is 70.2 Å². The summed E-state index contributed by atoms with van der Waals surface area (Å²) >= 11 is 11.8. The number of amides is 2. The molecule has 2 amide bonds. The van der Waals surface area contributed by atoms with Crippen LogP contribution in [0.3, 0.4) is 0 Å². The van der Waals surface area contributed by atoms with Crippen molar-refractivity contribution in [1.82, 2.24) is 5.32 Å². The highest BCUT2D eigenvalue weighted by atomic mass is 35.5. The van der Waals surface area contributed by atoms with Gasteiger partial charge < -0.3 is 16.0 Å². The van der Waals surface area contributed by atoms with Gasteiger partial charge in [0.15, 0.2) is 0 Å². The summed E-state index contributed by atoms with van der Waals surface area (Å²) in [5, 5.41) is 9.49. The van der Waals surface area contributed by atoms with E-state index in [1.807, 2.05) is 20.8 Å². The minimum Gasteiger partial charge on any atom is -0.376 e. The maximum atomic E-state index is 12.2. The van der Waals surface area contributed by atoms with E-state index in [9.17, 15) is 9.59 Å². The molecule has 7 heteroatoms. The molecular formula is C19H21Cl2N3O2. The molecule has 0 heterocycles. The highest BCUT2D eigenvalue weighted by molar-refractivity contribution is 6.35. The van der Waals surface area contributed by atoms with Crippen molar-refractivity contribution in [2.45, 2.75) is 26.3 Å². The number of benzene rings is 2. The minimum atomic E-state index is -0.321. The number of anilines is 2. The quantitative estimate of drug-likeness (QED) is 0.696. The van der Waals surface area contributed by atoms with Gasteiger partial charge in [0.2, 0.25) is 5.91 Å². The van der Waals surface area contributed by atoms with E-state index in [1.165, 1.54) is 0 Å². The van der Waals surface area contributed by atoms with Crippen LogP contribution in [0.5, 0.6) is 0 Å². The summed E-state index contributed by atoms with van der Waals surface area (Å²) in [6.07, 6.45) is 0. The number of hydrogen-bond acceptors (Lipinski definition) is 3. The van der Waals surface area contributed by atoms with Crippen LogP contribution in [-0.4, -0.2) is 23.9 Å². The van der Waals surface area contributed by atoms with E-state index < -0.39 is 0 Å². The molecule has 0 unspecified atom stereocenters. The second kappa shape index (κ2) is 8.43. The molecule has 2 aromatic carbocycles. The molecule has 0 aromatic heterocycles. The minimum absolute atomic E-state index is 0.0362. The molecule has 0 spiro atoms. The molecule has 0 saturated carbocycles. The van der Waals surface area contributed by atoms with E-state index in [4.69, 9.17) is 23.2 Å². The molecule has 0 radical (unpaired) electrons. The fourth-order valence-electron chi connectivity index (χ4n) is 2.20. The number of halogens is 2. The van der Waals surface area contributed by atoms with Gasteiger partial charge in [0.25, 0.3) is 5.91 Å². The first kappa shape index (κ1) is 20.1. The molecule has 0 aliphatic rings. The largest absolute Gasteiger partial charge is 0.376 e. The van der Waals surface area contributed by atoms with Crippen LogP contribution in [0.4, 0.5) is 11.4 Å². The van der Waals surface area contributed by atoms with Gasteiger partial charge in [-0.2, -0.15) is 0 Å². The van der Waals surface area contributed by atoms with Gasteiger partial charge in [0.1, 0.15) is 0 Å². The van der Waals surface area contributed by atoms with Crippen LogP contribution in [0, 0.1) is 0 Å². The molecule has 2 aromatic rings. The highest BCUT2D eigenvalue weighted by Gasteiger charge is 2.15. The Kier molecular flexibility index (Phi) is 6.51. The molecule has 2 rings (SSSR count). The average molecular weight is 394 g/mol. The van der Waals surface area contributed by atoms with E-state index in [0.717, 1.165) is 0 Å². The smallest absolute Gasteiger partial charge is 0.251 e. The zero-order valence-corrected chi connectivity index (χ0v) is 16.3. The molecule has 0 aliphatic heterocycles. The van der Waals surface area contributed by atoms with Crippen molar-refractivity contribution in [2.75, 3.05) is 17.2 Å². The molecule has 3 N–H and O–H groups in total. The second-order valence-electron chi connectivity index (χ2n) is 6.84. The molecule has 0 atom stereocenters. The van der Waals surface area contributed by atoms with Gasteiger partial charge in [0.05, 0.1) is 6.54 Å². The Labute approximate surface area is 163 Å². The summed E-state index contributed by atoms with van der Waals surface area (Å²) in [5.41, 5.74) is 1.39. The monoisotopic (exact) mass is 393 g/mol. The van der Waals surface area contributed by atoms with E-state index in [0.29, 0.717) is 27.0 Å². The summed E-state index contributed by atoms with van der Waals surface area (Å²) in [4.78, 5) is 24.3. The molecule has 0 saturated heterocycles. The predicted octanol–water partition coefficient (Wildman–Crippen LogP) is 4.57. The molecule has 138 valence electrons. The molecule has 26 heavy (non-hydrogen) atoms. The van der Waals surface area contributed by atoms with E-state index in [1.54, 1.807) is 42.5 Å². The van der Waals surface area contributed by atoms with Crippen molar-refractivity contribution in [3.05, 3.63) is 58.1 Å². The Balaban J connectivity index is 1.95. The Morgan fingerprint density at radius 3 is 2.23 bits per heavy atom. The van der Waals surface area contributed by atoms with Gasteiger partial charge in [-0.3, -0.25) is 9.59 Å². The zero-order chi connectivity index (χ0) is 19.3. The van der Waals surface area contributed by atoms with Gasteiger partial charge in [-0.15, -0.1) is 0 Å². The van der Waals surface area contributed by atoms with Crippen molar-refractivity contribution < 1.29 is 9.59 Å². The van der Waals surface area contributed by atoms with Crippen LogP contribution in [0.25, 0.3) is 0 Å². The standard InChI is InChI=1S/C19H21Cl2N3O2/c1-19(2,3)24-18(26)12-5-4-6-15(7-12)22-11-17(25)23-16-9-13(20)8-14(21)10-16/h4-10,22H,11H2,1-3H3,(H,23,25)(H,24,26). The normalized spacial score (nSPS) is 11.0. The summed E-state index contributed by atoms with van der Waals surface area (Å²) in [5.74, 6) is -0.424. The molecule has 0 aliphatic carbocycles. The summed E-state index contributed by atoms with van der Waals surface area (Å²) in [6, 6.07) is 11.8. The molecule has 5 nitrogen and oxygen atoms in total. The third kappa shape index (κ3) is 6.58. The highest BCUT2D eigenvalue weighted by Crippen LogP contribution is 2.22. The first-order valence-corrected chi connectivity index (χ1v) is 8.80. The lowest BCUT2D eigenvalue weighted by Gasteiger charge is -2.20. The van der Waals surface area contributed by atoms with Crippen molar-refractivity contribution in [3.8, 4) is 0 Å². The summed E-state index contributed by atoms with van der Waals surface area (Å²) in [7, 11) is 0. The Morgan fingerprint density at radius 1 is 0.962 bits per heavy atom. The van der Waals surface area contributed by atoms with Crippen molar-refractivity contribution in [2.24, 2.45) is 0 Å². The molecule has 0 fully saturated rings. The zero-order valence-electron chi connectivity index (χ0n) is 14.8. The number of nitrogens with one attached hydrogen (secondary N) is 3. The number of carbonyl (C=O) groups is 2. The third-order valence-corrected chi connectivity index (χ3v) is 3.65. The number of rotatable bonds is 5. The molecule has 0 bridgehead atoms. The first-order valence-electron chi connectivity index (χ1n) is 8.05. The van der Waals surface area contributed by atoms with Crippen LogP contribution < -0.4 is 16.0 Å². The van der Waals surface area contributed by atoms with Crippen LogP contribution in [-0.2, 0) is 4.79 Å². The Bertz CT molecular complexity index is 796. The van der Waals surface area contributed by atoms with E-state index in [2.05, 4.69) is 16.0 Å². The SMILES string of the molecule is CC(C)(C)NC(=O)c1cccc(NCC(=O)Nc2cc(Cl)cc(Cl)c2)c1. The van der Waals surface area contributed by atoms with Gasteiger partial charge >= 0.3 is 0 Å². The van der Waals surface area contributed by atoms with Gasteiger partial charge in [-0.05, 0) is 57.2 Å².